The number of carbonyl (C=O) groups is 1. The quantitative estimate of drug-likeness (QED) is 0.568. The molecule has 0 spiro atoms. The highest BCUT2D eigenvalue weighted by Gasteiger charge is 2.25. The number of halogens is 1. The minimum Gasteiger partial charge on any atom is -0.402 e. The Morgan fingerprint density at radius 1 is 1.09 bits per heavy atom. The van der Waals surface area contributed by atoms with E-state index in [4.69, 9.17) is 4.74 Å². The summed E-state index contributed by atoms with van der Waals surface area (Å²) < 4.78 is 6.13. The molecule has 0 N–H and O–H groups in total. The first kappa shape index (κ1) is 15.7. The summed E-state index contributed by atoms with van der Waals surface area (Å²) in [4.78, 5) is 16.4. The smallest absolute Gasteiger partial charge is 0.363 e. The highest BCUT2D eigenvalue weighted by molar-refractivity contribution is 9.10. The van der Waals surface area contributed by atoms with Gasteiger partial charge in [0.15, 0.2) is 5.70 Å². The number of cyclic esters (lactones) is 1. The SMILES string of the molecule is CC(C)c1ccc(C=C2N=C(c3ccccc3Br)OC2=O)cc1. The Bertz CT molecular complexity index is 804. The van der Waals surface area contributed by atoms with Gasteiger partial charge in [-0.25, -0.2) is 9.79 Å². The molecule has 0 bridgehead atoms. The third-order valence-corrected chi connectivity index (χ3v) is 4.32. The molecule has 0 amide bonds. The van der Waals surface area contributed by atoms with Crippen LogP contribution in [-0.2, 0) is 9.53 Å². The third kappa shape index (κ3) is 3.42. The van der Waals surface area contributed by atoms with Crippen molar-refractivity contribution in [3.05, 3.63) is 75.4 Å². The fourth-order valence-corrected chi connectivity index (χ4v) is 2.75. The molecule has 1 aliphatic heterocycles. The number of ether oxygens (including phenoxy) is 1. The molecule has 3 rings (SSSR count). The van der Waals surface area contributed by atoms with Crippen LogP contribution in [0.5, 0.6) is 0 Å². The van der Waals surface area contributed by atoms with Gasteiger partial charge >= 0.3 is 5.97 Å². The maximum absolute atomic E-state index is 12.0. The molecule has 0 saturated heterocycles. The summed E-state index contributed by atoms with van der Waals surface area (Å²) in [7, 11) is 0. The van der Waals surface area contributed by atoms with Gasteiger partial charge in [-0.2, -0.15) is 0 Å². The Morgan fingerprint density at radius 3 is 2.43 bits per heavy atom. The molecule has 0 unspecified atom stereocenters. The number of benzene rings is 2. The van der Waals surface area contributed by atoms with Crippen molar-refractivity contribution in [2.75, 3.05) is 0 Å². The first-order valence-electron chi connectivity index (χ1n) is 7.42. The van der Waals surface area contributed by atoms with Crippen LogP contribution < -0.4 is 0 Å². The van der Waals surface area contributed by atoms with E-state index in [1.807, 2.05) is 36.4 Å². The Hall–Kier alpha value is -2.20. The van der Waals surface area contributed by atoms with E-state index >= 15 is 0 Å². The molecule has 4 heteroatoms. The van der Waals surface area contributed by atoms with E-state index in [1.54, 1.807) is 6.08 Å². The largest absolute Gasteiger partial charge is 0.402 e. The van der Waals surface area contributed by atoms with E-state index in [1.165, 1.54) is 5.56 Å². The summed E-state index contributed by atoms with van der Waals surface area (Å²) >= 11 is 3.44. The van der Waals surface area contributed by atoms with Gasteiger partial charge in [0, 0.05) is 4.47 Å². The molecular formula is C19H16BrNO2. The van der Waals surface area contributed by atoms with Gasteiger partial charge < -0.3 is 4.74 Å². The van der Waals surface area contributed by atoms with Gasteiger partial charge in [0.1, 0.15) is 0 Å². The predicted molar refractivity (Wildman–Crippen MR) is 95.3 cm³/mol. The average Bonchev–Trinajstić information content (AvgIpc) is 2.89. The van der Waals surface area contributed by atoms with Crippen LogP contribution in [0.4, 0.5) is 0 Å². The number of hydrogen-bond donors (Lipinski definition) is 0. The molecule has 0 aliphatic carbocycles. The van der Waals surface area contributed by atoms with Crippen LogP contribution in [0.3, 0.4) is 0 Å². The average molecular weight is 370 g/mol. The summed E-state index contributed by atoms with van der Waals surface area (Å²) in [5.41, 5.74) is 3.27. The molecule has 116 valence electrons. The van der Waals surface area contributed by atoms with Crippen LogP contribution in [0.1, 0.15) is 36.5 Å². The Balaban J connectivity index is 1.90. The molecule has 0 atom stereocenters. The summed E-state index contributed by atoms with van der Waals surface area (Å²) in [5, 5.41) is 0. The van der Waals surface area contributed by atoms with Crippen molar-refractivity contribution in [3.63, 3.8) is 0 Å². The van der Waals surface area contributed by atoms with Gasteiger partial charge in [0.05, 0.1) is 5.56 Å². The van der Waals surface area contributed by atoms with Crippen LogP contribution in [0.25, 0.3) is 6.08 Å². The maximum atomic E-state index is 12.0. The number of nitrogens with zero attached hydrogens (tertiary/aromatic N) is 1. The lowest BCUT2D eigenvalue weighted by atomic mass is 10.0. The number of esters is 1. The van der Waals surface area contributed by atoms with Crippen molar-refractivity contribution in [2.24, 2.45) is 4.99 Å². The molecule has 0 radical (unpaired) electrons. The van der Waals surface area contributed by atoms with Crippen LogP contribution in [0.15, 0.2) is 63.7 Å². The lowest BCUT2D eigenvalue weighted by Crippen LogP contribution is -2.05. The van der Waals surface area contributed by atoms with Crippen LogP contribution in [0, 0.1) is 0 Å². The molecule has 23 heavy (non-hydrogen) atoms. The van der Waals surface area contributed by atoms with E-state index in [0.29, 0.717) is 17.5 Å². The normalized spacial score (nSPS) is 15.9. The molecular weight excluding hydrogens is 354 g/mol. The molecule has 0 fully saturated rings. The van der Waals surface area contributed by atoms with Gasteiger partial charge in [0.2, 0.25) is 5.90 Å². The zero-order valence-corrected chi connectivity index (χ0v) is 14.5. The van der Waals surface area contributed by atoms with Crippen molar-refractivity contribution in [1.82, 2.24) is 0 Å². The van der Waals surface area contributed by atoms with Gasteiger partial charge in [-0.15, -0.1) is 0 Å². The van der Waals surface area contributed by atoms with E-state index in [9.17, 15) is 4.79 Å². The zero-order chi connectivity index (χ0) is 16.4. The fraction of sp³-hybridized carbons (Fsp3) is 0.158. The van der Waals surface area contributed by atoms with Gasteiger partial charge in [0.25, 0.3) is 0 Å². The first-order valence-corrected chi connectivity index (χ1v) is 8.21. The van der Waals surface area contributed by atoms with E-state index in [-0.39, 0.29) is 0 Å². The fourth-order valence-electron chi connectivity index (χ4n) is 2.29. The second-order valence-corrected chi connectivity index (χ2v) is 6.49. The number of carbonyl (C=O) groups excluding carboxylic acids is 1. The summed E-state index contributed by atoms with van der Waals surface area (Å²) in [6.45, 7) is 4.30. The van der Waals surface area contributed by atoms with Gasteiger partial charge in [-0.1, -0.05) is 50.2 Å². The van der Waals surface area contributed by atoms with Crippen molar-refractivity contribution >= 4 is 33.9 Å². The van der Waals surface area contributed by atoms with Crippen molar-refractivity contribution < 1.29 is 9.53 Å². The number of hydrogen-bond acceptors (Lipinski definition) is 3. The molecule has 0 saturated carbocycles. The van der Waals surface area contributed by atoms with E-state index in [2.05, 4.69) is 46.9 Å². The third-order valence-electron chi connectivity index (χ3n) is 3.63. The molecule has 0 aromatic heterocycles. The van der Waals surface area contributed by atoms with Gasteiger partial charge in [-0.05, 0) is 51.2 Å². The maximum Gasteiger partial charge on any atom is 0.363 e. The zero-order valence-electron chi connectivity index (χ0n) is 12.9. The Morgan fingerprint density at radius 2 is 1.78 bits per heavy atom. The van der Waals surface area contributed by atoms with Crippen LogP contribution >= 0.6 is 15.9 Å². The van der Waals surface area contributed by atoms with Crippen LogP contribution in [-0.4, -0.2) is 11.9 Å². The van der Waals surface area contributed by atoms with Gasteiger partial charge in [-0.3, -0.25) is 0 Å². The van der Waals surface area contributed by atoms with E-state index < -0.39 is 5.97 Å². The first-order chi connectivity index (χ1) is 11.0. The number of rotatable bonds is 3. The summed E-state index contributed by atoms with van der Waals surface area (Å²) in [6, 6.07) is 15.6. The second kappa shape index (κ2) is 6.50. The Kier molecular flexibility index (Phi) is 4.44. The van der Waals surface area contributed by atoms with Crippen molar-refractivity contribution in [3.8, 4) is 0 Å². The van der Waals surface area contributed by atoms with Crippen molar-refractivity contribution in [2.45, 2.75) is 19.8 Å². The topological polar surface area (TPSA) is 38.7 Å². The molecule has 1 heterocycles. The molecule has 2 aromatic rings. The second-order valence-electron chi connectivity index (χ2n) is 5.64. The number of aliphatic imine (C=N–C) groups is 1. The minimum absolute atomic E-state index is 0.313. The van der Waals surface area contributed by atoms with Crippen LogP contribution in [0.2, 0.25) is 0 Å². The van der Waals surface area contributed by atoms with Crippen molar-refractivity contribution in [1.29, 1.82) is 0 Å². The molecule has 3 nitrogen and oxygen atoms in total. The molecule has 2 aromatic carbocycles. The lowest BCUT2D eigenvalue weighted by Gasteiger charge is -2.04. The highest BCUT2D eigenvalue weighted by atomic mass is 79.9. The summed E-state index contributed by atoms with van der Waals surface area (Å²) in [6.07, 6.45) is 1.75. The highest BCUT2D eigenvalue weighted by Crippen LogP contribution is 2.24. The standard InChI is InChI=1S/C19H16BrNO2/c1-12(2)14-9-7-13(8-10-14)11-17-19(22)23-18(21-17)15-5-3-4-6-16(15)20/h3-12H,1-2H3. The Labute approximate surface area is 143 Å². The predicted octanol–water partition coefficient (Wildman–Crippen LogP) is 4.92. The monoisotopic (exact) mass is 369 g/mol. The molecule has 1 aliphatic rings. The van der Waals surface area contributed by atoms with E-state index in [0.717, 1.165) is 15.6 Å². The summed E-state index contributed by atoms with van der Waals surface area (Å²) in [5.74, 6) is 0.379. The lowest BCUT2D eigenvalue weighted by molar-refractivity contribution is -0.129. The minimum atomic E-state index is -0.427.